The van der Waals surface area contributed by atoms with Crippen LogP contribution in [0.3, 0.4) is 0 Å². The number of benzene rings is 3. The van der Waals surface area contributed by atoms with Crippen LogP contribution in [0.15, 0.2) is 103 Å². The zero-order valence-corrected chi connectivity index (χ0v) is 16.3. The normalized spacial score (nSPS) is 10.3. The standard InChI is InChI=1S/C25H21N3O2/c29-25(20-15-16-26-24(17-20)27-18-19-9-3-1-4-10-19)28-22-13-7-8-14-23(22)30-21-11-5-2-6-12-21/h1-17H,18H2,(H,26,27)(H,28,29). The van der Waals surface area contributed by atoms with Crippen LogP contribution in [0.2, 0.25) is 0 Å². The number of para-hydroxylation sites is 3. The summed E-state index contributed by atoms with van der Waals surface area (Å²) in [6, 6.07) is 30.3. The summed E-state index contributed by atoms with van der Waals surface area (Å²) in [7, 11) is 0. The summed E-state index contributed by atoms with van der Waals surface area (Å²) >= 11 is 0. The highest BCUT2D eigenvalue weighted by atomic mass is 16.5. The minimum absolute atomic E-state index is 0.232. The highest BCUT2D eigenvalue weighted by molar-refractivity contribution is 6.05. The highest BCUT2D eigenvalue weighted by Crippen LogP contribution is 2.29. The van der Waals surface area contributed by atoms with E-state index in [-0.39, 0.29) is 5.91 Å². The van der Waals surface area contributed by atoms with Gasteiger partial charge < -0.3 is 15.4 Å². The average Bonchev–Trinajstić information content (AvgIpc) is 2.80. The maximum Gasteiger partial charge on any atom is 0.255 e. The van der Waals surface area contributed by atoms with Crippen LogP contribution in [-0.4, -0.2) is 10.9 Å². The molecule has 0 bridgehead atoms. The van der Waals surface area contributed by atoms with Crippen molar-refractivity contribution in [3.8, 4) is 11.5 Å². The number of carbonyl (C=O) groups excluding carboxylic acids is 1. The smallest absolute Gasteiger partial charge is 0.255 e. The van der Waals surface area contributed by atoms with Crippen molar-refractivity contribution >= 4 is 17.4 Å². The summed E-state index contributed by atoms with van der Waals surface area (Å²) in [6.07, 6.45) is 1.62. The summed E-state index contributed by atoms with van der Waals surface area (Å²) in [5, 5.41) is 6.18. The Kier molecular flexibility index (Phi) is 6.01. The molecule has 0 radical (unpaired) electrons. The van der Waals surface area contributed by atoms with Gasteiger partial charge in [-0.25, -0.2) is 4.98 Å². The van der Waals surface area contributed by atoms with E-state index in [1.807, 2.05) is 84.9 Å². The third kappa shape index (κ3) is 5.02. The first-order valence-corrected chi connectivity index (χ1v) is 9.65. The number of rotatable bonds is 7. The Morgan fingerprint density at radius 2 is 1.53 bits per heavy atom. The zero-order chi connectivity index (χ0) is 20.6. The van der Waals surface area contributed by atoms with Gasteiger partial charge in [0.2, 0.25) is 0 Å². The molecule has 1 heterocycles. The van der Waals surface area contributed by atoms with Crippen LogP contribution >= 0.6 is 0 Å². The van der Waals surface area contributed by atoms with E-state index in [4.69, 9.17) is 4.74 Å². The lowest BCUT2D eigenvalue weighted by Gasteiger charge is -2.13. The molecule has 0 unspecified atom stereocenters. The fourth-order valence-electron chi connectivity index (χ4n) is 2.93. The van der Waals surface area contributed by atoms with E-state index in [1.54, 1.807) is 18.3 Å². The van der Waals surface area contributed by atoms with E-state index in [2.05, 4.69) is 15.6 Å². The van der Waals surface area contributed by atoms with E-state index in [9.17, 15) is 4.79 Å². The SMILES string of the molecule is O=C(Nc1ccccc1Oc1ccccc1)c1ccnc(NCc2ccccc2)c1. The third-order valence-corrected chi connectivity index (χ3v) is 4.44. The molecule has 4 aromatic rings. The number of ether oxygens (including phenoxy) is 1. The molecule has 0 aliphatic rings. The lowest BCUT2D eigenvalue weighted by atomic mass is 10.2. The van der Waals surface area contributed by atoms with Gasteiger partial charge in [-0.3, -0.25) is 4.79 Å². The second-order valence-corrected chi connectivity index (χ2v) is 6.63. The van der Waals surface area contributed by atoms with Crippen LogP contribution in [0.1, 0.15) is 15.9 Å². The third-order valence-electron chi connectivity index (χ3n) is 4.44. The van der Waals surface area contributed by atoms with Crippen LogP contribution in [-0.2, 0) is 6.54 Å². The van der Waals surface area contributed by atoms with Crippen LogP contribution in [0.25, 0.3) is 0 Å². The van der Waals surface area contributed by atoms with Crippen molar-refractivity contribution in [1.29, 1.82) is 0 Å². The van der Waals surface area contributed by atoms with Gasteiger partial charge in [0.25, 0.3) is 5.91 Å². The summed E-state index contributed by atoms with van der Waals surface area (Å²) in [6.45, 7) is 0.632. The van der Waals surface area contributed by atoms with Crippen molar-refractivity contribution in [3.05, 3.63) is 114 Å². The first-order chi connectivity index (χ1) is 14.8. The van der Waals surface area contributed by atoms with Gasteiger partial charge in [-0.05, 0) is 42.0 Å². The average molecular weight is 395 g/mol. The predicted octanol–water partition coefficient (Wildman–Crippen LogP) is 5.74. The maximum absolute atomic E-state index is 12.8. The quantitative estimate of drug-likeness (QED) is 0.419. The van der Waals surface area contributed by atoms with Gasteiger partial charge in [0.05, 0.1) is 5.69 Å². The molecule has 0 saturated heterocycles. The number of anilines is 2. The number of nitrogens with one attached hydrogen (secondary N) is 2. The van der Waals surface area contributed by atoms with Crippen molar-refractivity contribution in [2.24, 2.45) is 0 Å². The van der Waals surface area contributed by atoms with Gasteiger partial charge in [-0.1, -0.05) is 60.7 Å². The second kappa shape index (κ2) is 9.39. The molecule has 1 aromatic heterocycles. The summed E-state index contributed by atoms with van der Waals surface area (Å²) in [5.74, 6) is 1.69. The van der Waals surface area contributed by atoms with Crippen molar-refractivity contribution in [3.63, 3.8) is 0 Å². The van der Waals surface area contributed by atoms with E-state index < -0.39 is 0 Å². The summed E-state index contributed by atoms with van der Waals surface area (Å²) < 4.78 is 5.92. The number of hydrogen-bond acceptors (Lipinski definition) is 4. The molecule has 148 valence electrons. The molecule has 4 rings (SSSR count). The topological polar surface area (TPSA) is 63.2 Å². The molecule has 30 heavy (non-hydrogen) atoms. The van der Waals surface area contributed by atoms with E-state index in [1.165, 1.54) is 0 Å². The first kappa shape index (κ1) is 19.2. The van der Waals surface area contributed by atoms with Crippen molar-refractivity contribution in [1.82, 2.24) is 4.98 Å². The number of carbonyl (C=O) groups is 1. The van der Waals surface area contributed by atoms with Crippen LogP contribution < -0.4 is 15.4 Å². The highest BCUT2D eigenvalue weighted by Gasteiger charge is 2.11. The minimum Gasteiger partial charge on any atom is -0.455 e. The van der Waals surface area contributed by atoms with Gasteiger partial charge in [0.1, 0.15) is 11.6 Å². The van der Waals surface area contributed by atoms with Crippen molar-refractivity contribution in [2.75, 3.05) is 10.6 Å². The number of nitrogens with zero attached hydrogens (tertiary/aromatic N) is 1. The van der Waals surface area contributed by atoms with Crippen LogP contribution in [0.5, 0.6) is 11.5 Å². The fraction of sp³-hybridized carbons (Fsp3) is 0.0400. The number of aromatic nitrogens is 1. The molecule has 5 heteroatoms. The zero-order valence-electron chi connectivity index (χ0n) is 16.3. The van der Waals surface area contributed by atoms with Gasteiger partial charge in [-0.2, -0.15) is 0 Å². The maximum atomic E-state index is 12.8. The molecular formula is C25H21N3O2. The molecule has 0 spiro atoms. The number of pyridine rings is 1. The number of amides is 1. The minimum atomic E-state index is -0.232. The van der Waals surface area contributed by atoms with Crippen molar-refractivity contribution < 1.29 is 9.53 Å². The van der Waals surface area contributed by atoms with Gasteiger partial charge in [0.15, 0.2) is 5.75 Å². The molecule has 0 saturated carbocycles. The lowest BCUT2D eigenvalue weighted by molar-refractivity contribution is 0.102. The fourth-order valence-corrected chi connectivity index (χ4v) is 2.93. The Morgan fingerprint density at radius 1 is 0.833 bits per heavy atom. The monoisotopic (exact) mass is 395 g/mol. The largest absolute Gasteiger partial charge is 0.455 e. The van der Waals surface area contributed by atoms with E-state index >= 15 is 0 Å². The molecule has 5 nitrogen and oxygen atoms in total. The molecule has 2 N–H and O–H groups in total. The molecular weight excluding hydrogens is 374 g/mol. The number of hydrogen-bond donors (Lipinski definition) is 2. The Balaban J connectivity index is 1.45. The Hall–Kier alpha value is -4.12. The van der Waals surface area contributed by atoms with Crippen LogP contribution in [0, 0.1) is 0 Å². The van der Waals surface area contributed by atoms with Crippen molar-refractivity contribution in [2.45, 2.75) is 6.54 Å². The van der Waals surface area contributed by atoms with Crippen LogP contribution in [0.4, 0.5) is 11.5 Å². The molecule has 0 atom stereocenters. The second-order valence-electron chi connectivity index (χ2n) is 6.63. The predicted molar refractivity (Wildman–Crippen MR) is 119 cm³/mol. The first-order valence-electron chi connectivity index (χ1n) is 9.65. The molecule has 1 amide bonds. The molecule has 0 fully saturated rings. The molecule has 0 aliphatic carbocycles. The van der Waals surface area contributed by atoms with E-state index in [0.29, 0.717) is 35.1 Å². The Labute approximate surface area is 175 Å². The Bertz CT molecular complexity index is 1120. The van der Waals surface area contributed by atoms with Gasteiger partial charge in [-0.15, -0.1) is 0 Å². The Morgan fingerprint density at radius 3 is 2.33 bits per heavy atom. The lowest BCUT2D eigenvalue weighted by Crippen LogP contribution is -2.13. The van der Waals surface area contributed by atoms with Gasteiger partial charge in [0, 0.05) is 18.3 Å². The molecule has 3 aromatic carbocycles. The van der Waals surface area contributed by atoms with Gasteiger partial charge >= 0.3 is 0 Å². The summed E-state index contributed by atoms with van der Waals surface area (Å²) in [5.41, 5.74) is 2.25. The summed E-state index contributed by atoms with van der Waals surface area (Å²) in [4.78, 5) is 17.1. The molecule has 0 aliphatic heterocycles. The van der Waals surface area contributed by atoms with E-state index in [0.717, 1.165) is 5.56 Å².